The van der Waals surface area contributed by atoms with Crippen molar-refractivity contribution >= 4 is 17.3 Å². The number of nitrogens with two attached hydrogens (primary N) is 1. The molecule has 0 bridgehead atoms. The maximum atomic E-state index is 11.3. The lowest BCUT2D eigenvalue weighted by atomic mass is 9.91. The van der Waals surface area contributed by atoms with Crippen molar-refractivity contribution in [1.29, 1.82) is 0 Å². The highest BCUT2D eigenvalue weighted by atomic mass is 16.4. The normalized spacial score (nSPS) is 25.6. The highest BCUT2D eigenvalue weighted by molar-refractivity contribution is 5.95. The molecular formula is C16H22N2O2. The molecule has 0 spiro atoms. The van der Waals surface area contributed by atoms with Crippen molar-refractivity contribution in [3.63, 3.8) is 0 Å². The SMILES string of the molecule is Cc1cc(N2CCCC3CCCC32)cc(C(=O)O)c1N. The number of fused-ring (bicyclic) bond motifs is 1. The lowest BCUT2D eigenvalue weighted by Crippen LogP contribution is -2.42. The van der Waals surface area contributed by atoms with Crippen LogP contribution in [0.15, 0.2) is 12.1 Å². The van der Waals surface area contributed by atoms with Gasteiger partial charge in [0.2, 0.25) is 0 Å². The van der Waals surface area contributed by atoms with Crippen LogP contribution >= 0.6 is 0 Å². The zero-order chi connectivity index (χ0) is 14.3. The molecule has 1 saturated heterocycles. The smallest absolute Gasteiger partial charge is 0.337 e. The average Bonchev–Trinajstić information content (AvgIpc) is 2.89. The molecule has 1 aliphatic carbocycles. The molecule has 1 saturated carbocycles. The number of aromatic carboxylic acids is 1. The number of benzene rings is 1. The van der Waals surface area contributed by atoms with Gasteiger partial charge in [-0.25, -0.2) is 4.79 Å². The van der Waals surface area contributed by atoms with Gasteiger partial charge in [0.05, 0.1) is 5.56 Å². The molecule has 3 rings (SSSR count). The number of hydrogen-bond acceptors (Lipinski definition) is 3. The number of piperidine rings is 1. The number of anilines is 2. The molecule has 3 N–H and O–H groups in total. The first-order valence-electron chi connectivity index (χ1n) is 7.48. The minimum Gasteiger partial charge on any atom is -0.478 e. The van der Waals surface area contributed by atoms with E-state index in [2.05, 4.69) is 4.90 Å². The van der Waals surface area contributed by atoms with Gasteiger partial charge >= 0.3 is 5.97 Å². The fraction of sp³-hybridized carbons (Fsp3) is 0.562. The summed E-state index contributed by atoms with van der Waals surface area (Å²) in [6, 6.07) is 4.39. The average molecular weight is 274 g/mol. The number of aryl methyl sites for hydroxylation is 1. The van der Waals surface area contributed by atoms with E-state index in [1.807, 2.05) is 13.0 Å². The van der Waals surface area contributed by atoms with Gasteiger partial charge in [-0.3, -0.25) is 0 Å². The number of rotatable bonds is 2. The highest BCUT2D eigenvalue weighted by Gasteiger charge is 2.35. The van der Waals surface area contributed by atoms with Crippen molar-refractivity contribution in [2.75, 3.05) is 17.2 Å². The molecule has 4 nitrogen and oxygen atoms in total. The highest BCUT2D eigenvalue weighted by Crippen LogP contribution is 2.40. The molecule has 4 heteroatoms. The largest absolute Gasteiger partial charge is 0.478 e. The fourth-order valence-electron chi connectivity index (χ4n) is 3.90. The molecule has 1 aromatic rings. The first-order chi connectivity index (χ1) is 9.58. The Bertz CT molecular complexity index is 542. The Kier molecular flexibility index (Phi) is 3.32. The van der Waals surface area contributed by atoms with Gasteiger partial charge in [0.25, 0.3) is 0 Å². The third kappa shape index (κ3) is 2.13. The third-order valence-electron chi connectivity index (χ3n) is 4.93. The van der Waals surface area contributed by atoms with E-state index in [1.54, 1.807) is 6.07 Å². The summed E-state index contributed by atoms with van der Waals surface area (Å²) >= 11 is 0. The van der Waals surface area contributed by atoms with Crippen molar-refractivity contribution in [2.45, 2.75) is 45.1 Å². The van der Waals surface area contributed by atoms with Gasteiger partial charge < -0.3 is 15.7 Å². The topological polar surface area (TPSA) is 66.6 Å². The Balaban J connectivity index is 1.99. The molecule has 1 aliphatic heterocycles. The first-order valence-corrected chi connectivity index (χ1v) is 7.48. The number of nitrogens with zero attached hydrogens (tertiary/aromatic N) is 1. The summed E-state index contributed by atoms with van der Waals surface area (Å²) in [7, 11) is 0. The van der Waals surface area contributed by atoms with Crippen LogP contribution in [-0.2, 0) is 0 Å². The van der Waals surface area contributed by atoms with Crippen LogP contribution in [0.1, 0.15) is 48.0 Å². The van der Waals surface area contributed by atoms with Gasteiger partial charge in [0.15, 0.2) is 0 Å². The molecule has 0 radical (unpaired) electrons. The van der Waals surface area contributed by atoms with Gasteiger partial charge in [-0.15, -0.1) is 0 Å². The van der Waals surface area contributed by atoms with Crippen LogP contribution < -0.4 is 10.6 Å². The molecule has 1 aromatic carbocycles. The summed E-state index contributed by atoms with van der Waals surface area (Å²) < 4.78 is 0. The number of carbonyl (C=O) groups is 1. The second kappa shape index (κ2) is 5.00. The molecule has 108 valence electrons. The first kappa shape index (κ1) is 13.3. The molecule has 2 atom stereocenters. The zero-order valence-corrected chi connectivity index (χ0v) is 11.9. The van der Waals surface area contributed by atoms with Gasteiger partial charge in [-0.1, -0.05) is 6.42 Å². The quantitative estimate of drug-likeness (QED) is 0.813. The van der Waals surface area contributed by atoms with Crippen molar-refractivity contribution in [1.82, 2.24) is 0 Å². The minimum atomic E-state index is -0.938. The number of nitrogen functional groups attached to an aromatic ring is 1. The molecule has 0 aromatic heterocycles. The van der Waals surface area contributed by atoms with Crippen LogP contribution in [0.3, 0.4) is 0 Å². The van der Waals surface area contributed by atoms with E-state index in [1.165, 1.54) is 32.1 Å². The van der Waals surface area contributed by atoms with E-state index in [-0.39, 0.29) is 5.56 Å². The lowest BCUT2D eigenvalue weighted by Gasteiger charge is -2.40. The van der Waals surface area contributed by atoms with Gasteiger partial charge in [-0.2, -0.15) is 0 Å². The second-order valence-electron chi connectivity index (χ2n) is 6.12. The summed E-state index contributed by atoms with van der Waals surface area (Å²) in [5.74, 6) is -0.151. The Hall–Kier alpha value is -1.71. The van der Waals surface area contributed by atoms with E-state index in [9.17, 15) is 9.90 Å². The summed E-state index contributed by atoms with van der Waals surface area (Å²) in [6.45, 7) is 2.92. The summed E-state index contributed by atoms with van der Waals surface area (Å²) in [5, 5.41) is 9.30. The van der Waals surface area contributed by atoms with Crippen molar-refractivity contribution in [2.24, 2.45) is 5.92 Å². The Labute approximate surface area is 119 Å². The molecule has 0 amide bonds. The second-order valence-corrected chi connectivity index (χ2v) is 6.12. The molecule has 2 fully saturated rings. The Morgan fingerprint density at radius 3 is 2.80 bits per heavy atom. The van der Waals surface area contributed by atoms with Crippen LogP contribution in [-0.4, -0.2) is 23.7 Å². The fourth-order valence-corrected chi connectivity index (χ4v) is 3.90. The number of hydrogen-bond donors (Lipinski definition) is 2. The predicted molar refractivity (Wildman–Crippen MR) is 80.3 cm³/mol. The van der Waals surface area contributed by atoms with E-state index < -0.39 is 5.97 Å². The van der Waals surface area contributed by atoms with Crippen LogP contribution in [0.4, 0.5) is 11.4 Å². The molecular weight excluding hydrogens is 252 g/mol. The standard InChI is InChI=1S/C16H22N2O2/c1-10-8-12(9-13(15(10)17)16(19)20)18-7-3-5-11-4-2-6-14(11)18/h8-9,11,14H,2-7,17H2,1H3,(H,19,20). The minimum absolute atomic E-state index is 0.236. The zero-order valence-electron chi connectivity index (χ0n) is 11.9. The van der Waals surface area contributed by atoms with Crippen LogP contribution in [0.25, 0.3) is 0 Å². The van der Waals surface area contributed by atoms with Crippen LogP contribution in [0, 0.1) is 12.8 Å². The molecule has 1 heterocycles. The van der Waals surface area contributed by atoms with Gasteiger partial charge in [0, 0.05) is 24.0 Å². The van der Waals surface area contributed by atoms with Crippen molar-refractivity contribution in [3.05, 3.63) is 23.3 Å². The van der Waals surface area contributed by atoms with E-state index >= 15 is 0 Å². The van der Waals surface area contributed by atoms with Crippen LogP contribution in [0.2, 0.25) is 0 Å². The molecule has 20 heavy (non-hydrogen) atoms. The van der Waals surface area contributed by atoms with Crippen molar-refractivity contribution < 1.29 is 9.90 Å². The maximum absolute atomic E-state index is 11.3. The molecule has 2 aliphatic rings. The Morgan fingerprint density at radius 1 is 1.30 bits per heavy atom. The van der Waals surface area contributed by atoms with Gasteiger partial charge in [0.1, 0.15) is 0 Å². The summed E-state index contributed by atoms with van der Waals surface area (Å²) in [6.07, 6.45) is 6.37. The maximum Gasteiger partial charge on any atom is 0.337 e. The third-order valence-corrected chi connectivity index (χ3v) is 4.93. The summed E-state index contributed by atoms with van der Waals surface area (Å²) in [5.41, 5.74) is 8.41. The van der Waals surface area contributed by atoms with E-state index in [0.717, 1.165) is 23.7 Å². The van der Waals surface area contributed by atoms with Crippen LogP contribution in [0.5, 0.6) is 0 Å². The summed E-state index contributed by atoms with van der Waals surface area (Å²) in [4.78, 5) is 13.8. The van der Waals surface area contributed by atoms with Gasteiger partial charge in [-0.05, 0) is 56.2 Å². The molecule has 2 unspecified atom stereocenters. The van der Waals surface area contributed by atoms with E-state index in [0.29, 0.717) is 11.7 Å². The number of carboxylic acids is 1. The number of carboxylic acid groups (broad SMARTS) is 1. The lowest BCUT2D eigenvalue weighted by molar-refractivity contribution is 0.0698. The van der Waals surface area contributed by atoms with Crippen molar-refractivity contribution in [3.8, 4) is 0 Å². The monoisotopic (exact) mass is 274 g/mol. The Morgan fingerprint density at radius 2 is 2.05 bits per heavy atom. The van der Waals surface area contributed by atoms with E-state index in [4.69, 9.17) is 5.73 Å². The predicted octanol–water partition coefficient (Wildman–Crippen LogP) is 3.04.